The van der Waals surface area contributed by atoms with Crippen molar-refractivity contribution < 1.29 is 23.0 Å². The lowest BCUT2D eigenvalue weighted by Gasteiger charge is -2.22. The van der Waals surface area contributed by atoms with E-state index in [2.05, 4.69) is 32.1 Å². The minimum Gasteiger partial charge on any atom is -0.497 e. The molecule has 9 heteroatoms. The van der Waals surface area contributed by atoms with Crippen molar-refractivity contribution in [3.8, 4) is 11.5 Å². The first-order valence-electron chi connectivity index (χ1n) is 10.3. The molecule has 32 heavy (non-hydrogen) atoms. The SMILES string of the molecule is CN=C(NCc1ccc(OC)cc1OC(F)F)N1CCC(COCc2ccccc2)C1.I. The summed E-state index contributed by atoms with van der Waals surface area (Å²) in [5.74, 6) is 1.69. The Morgan fingerprint density at radius 2 is 2.00 bits per heavy atom. The summed E-state index contributed by atoms with van der Waals surface area (Å²) in [6.45, 7) is 0.395. The predicted molar refractivity (Wildman–Crippen MR) is 131 cm³/mol. The lowest BCUT2D eigenvalue weighted by molar-refractivity contribution is -0.0505. The number of halogens is 3. The first-order valence-corrected chi connectivity index (χ1v) is 10.3. The Morgan fingerprint density at radius 1 is 1.22 bits per heavy atom. The molecule has 0 radical (unpaired) electrons. The highest BCUT2D eigenvalue weighted by Gasteiger charge is 2.25. The van der Waals surface area contributed by atoms with Crippen molar-refractivity contribution in [3.05, 3.63) is 59.7 Å². The summed E-state index contributed by atoms with van der Waals surface area (Å²) in [6.07, 6.45) is 1.01. The molecule has 1 fully saturated rings. The van der Waals surface area contributed by atoms with Crippen LogP contribution in [-0.4, -0.2) is 51.3 Å². The van der Waals surface area contributed by atoms with Gasteiger partial charge in [-0.3, -0.25) is 4.99 Å². The van der Waals surface area contributed by atoms with Crippen molar-refractivity contribution >= 4 is 29.9 Å². The van der Waals surface area contributed by atoms with E-state index < -0.39 is 6.61 Å². The van der Waals surface area contributed by atoms with Crippen molar-refractivity contribution in [2.24, 2.45) is 10.9 Å². The van der Waals surface area contributed by atoms with Crippen molar-refractivity contribution in [2.75, 3.05) is 33.9 Å². The number of rotatable bonds is 9. The molecule has 6 nitrogen and oxygen atoms in total. The van der Waals surface area contributed by atoms with E-state index in [0.717, 1.165) is 31.0 Å². The molecule has 1 atom stereocenters. The van der Waals surface area contributed by atoms with Gasteiger partial charge in [-0.05, 0) is 24.1 Å². The van der Waals surface area contributed by atoms with Crippen LogP contribution < -0.4 is 14.8 Å². The highest BCUT2D eigenvalue weighted by molar-refractivity contribution is 14.0. The van der Waals surface area contributed by atoms with Gasteiger partial charge in [0.1, 0.15) is 11.5 Å². The van der Waals surface area contributed by atoms with Crippen LogP contribution in [0.25, 0.3) is 0 Å². The first-order chi connectivity index (χ1) is 15.1. The predicted octanol–water partition coefficient (Wildman–Crippen LogP) is 4.53. The average molecular weight is 561 g/mol. The van der Waals surface area contributed by atoms with Gasteiger partial charge >= 0.3 is 6.61 Å². The molecule has 1 aliphatic rings. The number of likely N-dealkylation sites (tertiary alicyclic amines) is 1. The van der Waals surface area contributed by atoms with E-state index in [1.807, 2.05) is 18.2 Å². The molecule has 1 saturated heterocycles. The van der Waals surface area contributed by atoms with E-state index in [4.69, 9.17) is 9.47 Å². The summed E-state index contributed by atoms with van der Waals surface area (Å²) in [5, 5.41) is 3.25. The Kier molecular flexibility index (Phi) is 10.9. The van der Waals surface area contributed by atoms with Gasteiger partial charge in [-0.1, -0.05) is 30.3 Å². The van der Waals surface area contributed by atoms with Gasteiger partial charge in [0.2, 0.25) is 0 Å². The molecule has 0 amide bonds. The van der Waals surface area contributed by atoms with Crippen LogP contribution in [0, 0.1) is 5.92 Å². The largest absolute Gasteiger partial charge is 0.497 e. The molecular formula is C23H30F2IN3O3. The zero-order valence-corrected chi connectivity index (χ0v) is 20.6. The fourth-order valence-electron chi connectivity index (χ4n) is 3.60. The molecule has 0 spiro atoms. The number of nitrogens with zero attached hydrogens (tertiary/aromatic N) is 2. The third-order valence-electron chi connectivity index (χ3n) is 5.19. The third-order valence-corrected chi connectivity index (χ3v) is 5.19. The van der Waals surface area contributed by atoms with Gasteiger partial charge in [0.25, 0.3) is 0 Å². The summed E-state index contributed by atoms with van der Waals surface area (Å²) < 4.78 is 41.2. The van der Waals surface area contributed by atoms with Crippen molar-refractivity contribution in [2.45, 2.75) is 26.2 Å². The van der Waals surface area contributed by atoms with E-state index >= 15 is 0 Å². The smallest absolute Gasteiger partial charge is 0.387 e. The summed E-state index contributed by atoms with van der Waals surface area (Å²) in [6, 6.07) is 15.0. The highest BCUT2D eigenvalue weighted by Crippen LogP contribution is 2.26. The summed E-state index contributed by atoms with van der Waals surface area (Å²) in [5.41, 5.74) is 1.76. The molecule has 1 heterocycles. The number of guanidine groups is 1. The molecule has 0 bridgehead atoms. The van der Waals surface area contributed by atoms with Crippen LogP contribution in [0.5, 0.6) is 11.5 Å². The fourth-order valence-corrected chi connectivity index (χ4v) is 3.60. The van der Waals surface area contributed by atoms with Crippen LogP contribution in [0.2, 0.25) is 0 Å². The molecule has 176 valence electrons. The quantitative estimate of drug-likeness (QED) is 0.277. The van der Waals surface area contributed by atoms with Crippen LogP contribution in [0.1, 0.15) is 17.5 Å². The zero-order valence-electron chi connectivity index (χ0n) is 18.3. The minimum atomic E-state index is -2.90. The molecule has 1 unspecified atom stereocenters. The van der Waals surface area contributed by atoms with Crippen molar-refractivity contribution in [3.63, 3.8) is 0 Å². The fraction of sp³-hybridized carbons (Fsp3) is 0.435. The number of hydrogen-bond acceptors (Lipinski definition) is 4. The number of methoxy groups -OCH3 is 1. The number of ether oxygens (including phenoxy) is 3. The summed E-state index contributed by atoms with van der Waals surface area (Å²) in [7, 11) is 3.20. The number of benzene rings is 2. The second-order valence-electron chi connectivity index (χ2n) is 7.35. The van der Waals surface area contributed by atoms with E-state index in [1.54, 1.807) is 19.2 Å². The van der Waals surface area contributed by atoms with Crippen molar-refractivity contribution in [1.82, 2.24) is 10.2 Å². The van der Waals surface area contributed by atoms with Gasteiger partial charge in [0, 0.05) is 44.2 Å². The molecule has 1 aliphatic heterocycles. The highest BCUT2D eigenvalue weighted by atomic mass is 127. The lowest BCUT2D eigenvalue weighted by Crippen LogP contribution is -2.40. The second kappa shape index (κ2) is 13.4. The average Bonchev–Trinajstić information content (AvgIpc) is 3.24. The van der Waals surface area contributed by atoms with E-state index in [9.17, 15) is 8.78 Å². The summed E-state index contributed by atoms with van der Waals surface area (Å²) in [4.78, 5) is 6.51. The van der Waals surface area contributed by atoms with Crippen molar-refractivity contribution in [1.29, 1.82) is 0 Å². The number of aliphatic imine (C=N–C) groups is 1. The van der Waals surface area contributed by atoms with Gasteiger partial charge in [-0.2, -0.15) is 8.78 Å². The molecule has 3 rings (SSSR count). The van der Waals surface area contributed by atoms with Crippen LogP contribution in [-0.2, 0) is 17.9 Å². The Labute approximate surface area is 205 Å². The summed E-state index contributed by atoms with van der Waals surface area (Å²) >= 11 is 0. The molecule has 0 aliphatic carbocycles. The van der Waals surface area contributed by atoms with Crippen LogP contribution in [0.4, 0.5) is 8.78 Å². The first kappa shape index (κ1) is 26.1. The topological polar surface area (TPSA) is 55.3 Å². The Morgan fingerprint density at radius 3 is 2.69 bits per heavy atom. The minimum absolute atomic E-state index is 0. The van der Waals surface area contributed by atoms with Crippen LogP contribution in [0.15, 0.2) is 53.5 Å². The van der Waals surface area contributed by atoms with Crippen LogP contribution in [0.3, 0.4) is 0 Å². The molecule has 2 aromatic carbocycles. The third kappa shape index (κ3) is 7.77. The normalized spacial score (nSPS) is 16.1. The molecule has 2 aromatic rings. The maximum Gasteiger partial charge on any atom is 0.387 e. The molecule has 0 saturated carbocycles. The van der Waals surface area contributed by atoms with E-state index in [-0.39, 0.29) is 29.7 Å². The van der Waals surface area contributed by atoms with Gasteiger partial charge in [0.05, 0.1) is 20.3 Å². The Bertz CT molecular complexity index is 856. The molecule has 1 N–H and O–H groups in total. The van der Waals surface area contributed by atoms with Gasteiger partial charge in [-0.25, -0.2) is 0 Å². The molecule has 0 aromatic heterocycles. The molecular weight excluding hydrogens is 531 g/mol. The van der Waals surface area contributed by atoms with Gasteiger partial charge < -0.3 is 24.4 Å². The number of nitrogens with one attached hydrogen (secondary N) is 1. The number of alkyl halides is 2. The second-order valence-corrected chi connectivity index (χ2v) is 7.35. The maximum absolute atomic E-state index is 12.8. The maximum atomic E-state index is 12.8. The Balaban J connectivity index is 0.00000363. The lowest BCUT2D eigenvalue weighted by atomic mass is 10.1. The van der Waals surface area contributed by atoms with E-state index in [0.29, 0.717) is 37.0 Å². The van der Waals surface area contributed by atoms with Gasteiger partial charge in [-0.15, -0.1) is 24.0 Å². The van der Waals surface area contributed by atoms with E-state index in [1.165, 1.54) is 13.2 Å². The van der Waals surface area contributed by atoms with Crippen LogP contribution >= 0.6 is 24.0 Å². The monoisotopic (exact) mass is 561 g/mol. The standard InChI is InChI=1S/C23H29F2N3O3.HI/c1-26-23(27-13-19-8-9-20(29-2)12-21(19)31-22(24)25)28-11-10-18(14-28)16-30-15-17-6-4-3-5-7-17;/h3-9,12,18,22H,10-11,13-16H2,1-2H3,(H,26,27);1H. The Hall–Kier alpha value is -2.14. The van der Waals surface area contributed by atoms with Gasteiger partial charge in [0.15, 0.2) is 5.96 Å². The zero-order chi connectivity index (χ0) is 22.1. The number of hydrogen-bond donors (Lipinski definition) is 1.